The number of benzene rings is 3. The number of rotatable bonds is 6. The van der Waals surface area contributed by atoms with Crippen molar-refractivity contribution in [2.24, 2.45) is 0 Å². The smallest absolute Gasteiger partial charge is 0.264 e. The van der Waals surface area contributed by atoms with Gasteiger partial charge in [0.25, 0.3) is 10.0 Å². The molecule has 1 aliphatic carbocycles. The zero-order valence-electron chi connectivity index (χ0n) is 18.5. The lowest BCUT2D eigenvalue weighted by molar-refractivity contribution is -0.121. The van der Waals surface area contributed by atoms with E-state index in [1.54, 1.807) is 38.1 Å². The number of halogens is 1. The monoisotopic (exact) mass is 531 g/mol. The Kier molecular flexibility index (Phi) is 6.53. The van der Waals surface area contributed by atoms with Crippen LogP contribution in [0.25, 0.3) is 10.8 Å². The number of sulfonamides is 1. The summed E-state index contributed by atoms with van der Waals surface area (Å²) in [5.41, 5.74) is 0.598. The van der Waals surface area contributed by atoms with Crippen molar-refractivity contribution >= 4 is 42.6 Å². The molecule has 0 aliphatic heterocycles. The molecular formula is C25H26BrNO5S. The van der Waals surface area contributed by atoms with E-state index < -0.39 is 27.4 Å². The van der Waals surface area contributed by atoms with Crippen molar-refractivity contribution in [2.75, 3.05) is 6.61 Å². The maximum atomic E-state index is 13.3. The number of aliphatic hydroxyl groups is 1. The van der Waals surface area contributed by atoms with Crippen LogP contribution in [-0.2, 0) is 21.2 Å². The summed E-state index contributed by atoms with van der Waals surface area (Å²) < 4.78 is 35.3. The number of ether oxygens (including phenoxy) is 1. The third-order valence-electron chi connectivity index (χ3n) is 5.70. The van der Waals surface area contributed by atoms with Crippen LogP contribution in [0.15, 0.2) is 64.0 Å². The van der Waals surface area contributed by atoms with Crippen molar-refractivity contribution in [2.45, 2.75) is 49.5 Å². The van der Waals surface area contributed by atoms with Gasteiger partial charge in [0.2, 0.25) is 5.91 Å². The Labute approximate surface area is 202 Å². The summed E-state index contributed by atoms with van der Waals surface area (Å²) in [4.78, 5) is 13.3. The quantitative estimate of drug-likeness (QED) is 0.481. The fourth-order valence-electron chi connectivity index (χ4n) is 4.22. The van der Waals surface area contributed by atoms with Gasteiger partial charge >= 0.3 is 0 Å². The molecule has 174 valence electrons. The second-order valence-electron chi connectivity index (χ2n) is 8.93. The number of hydrogen-bond acceptors (Lipinski definition) is 5. The van der Waals surface area contributed by atoms with Gasteiger partial charge in [-0.05, 0) is 67.8 Å². The van der Waals surface area contributed by atoms with E-state index in [9.17, 15) is 18.3 Å². The lowest BCUT2D eigenvalue weighted by Crippen LogP contribution is -2.36. The van der Waals surface area contributed by atoms with E-state index in [0.717, 1.165) is 21.0 Å². The molecule has 3 aromatic carbocycles. The Balaban J connectivity index is 1.65. The van der Waals surface area contributed by atoms with Crippen molar-refractivity contribution in [3.63, 3.8) is 0 Å². The third-order valence-corrected chi connectivity index (χ3v) is 7.80. The number of nitrogens with one attached hydrogen (secondary N) is 1. The molecule has 6 nitrogen and oxygen atoms in total. The molecule has 1 unspecified atom stereocenters. The first-order valence-electron chi connectivity index (χ1n) is 10.8. The first kappa shape index (κ1) is 23.7. The summed E-state index contributed by atoms with van der Waals surface area (Å²) in [6.07, 6.45) is 1.95. The van der Waals surface area contributed by atoms with Crippen molar-refractivity contribution in [1.29, 1.82) is 0 Å². The molecular weight excluding hydrogens is 506 g/mol. The molecule has 2 N–H and O–H groups in total. The van der Waals surface area contributed by atoms with Gasteiger partial charge in [0, 0.05) is 9.86 Å². The molecule has 0 aromatic heterocycles. The van der Waals surface area contributed by atoms with Crippen LogP contribution in [0.2, 0.25) is 0 Å². The molecule has 1 atom stereocenters. The summed E-state index contributed by atoms with van der Waals surface area (Å²) in [5, 5.41) is 11.4. The lowest BCUT2D eigenvalue weighted by Gasteiger charge is -2.28. The Hall–Kier alpha value is -2.42. The Morgan fingerprint density at radius 3 is 2.64 bits per heavy atom. The van der Waals surface area contributed by atoms with E-state index >= 15 is 0 Å². The van der Waals surface area contributed by atoms with Crippen molar-refractivity contribution in [1.82, 2.24) is 4.72 Å². The fourth-order valence-corrected chi connectivity index (χ4v) is 6.12. The zero-order valence-corrected chi connectivity index (χ0v) is 20.9. The summed E-state index contributed by atoms with van der Waals surface area (Å²) in [6, 6.07) is 15.8. The molecule has 33 heavy (non-hydrogen) atoms. The molecule has 1 aliphatic rings. The van der Waals surface area contributed by atoms with E-state index in [0.29, 0.717) is 30.4 Å². The van der Waals surface area contributed by atoms with Gasteiger partial charge in [-0.25, -0.2) is 13.1 Å². The normalized spacial score (nSPS) is 16.3. The number of fused-ring (bicyclic) bond motifs is 2. The fraction of sp³-hybridized carbons (Fsp3) is 0.320. The summed E-state index contributed by atoms with van der Waals surface area (Å²) in [6.45, 7) is 3.42. The Bertz CT molecular complexity index is 1310. The van der Waals surface area contributed by atoms with Crippen molar-refractivity contribution in [3.8, 4) is 5.75 Å². The van der Waals surface area contributed by atoms with Crippen LogP contribution >= 0.6 is 15.9 Å². The number of amides is 1. The summed E-state index contributed by atoms with van der Waals surface area (Å²) in [5.74, 6) is -0.604. The van der Waals surface area contributed by atoms with Crippen LogP contribution in [-0.4, -0.2) is 31.6 Å². The second-order valence-corrected chi connectivity index (χ2v) is 11.4. The van der Waals surface area contributed by atoms with Gasteiger partial charge in [0.05, 0.1) is 16.4 Å². The minimum Gasteiger partial charge on any atom is -0.490 e. The van der Waals surface area contributed by atoms with Gasteiger partial charge in [-0.3, -0.25) is 4.79 Å². The molecule has 0 heterocycles. The van der Waals surface area contributed by atoms with Gasteiger partial charge < -0.3 is 9.84 Å². The van der Waals surface area contributed by atoms with Gasteiger partial charge in [0.15, 0.2) is 0 Å². The van der Waals surface area contributed by atoms with Gasteiger partial charge in [-0.15, -0.1) is 0 Å². The highest BCUT2D eigenvalue weighted by Crippen LogP contribution is 2.41. The average molecular weight is 532 g/mol. The maximum absolute atomic E-state index is 13.3. The van der Waals surface area contributed by atoms with Crippen molar-refractivity contribution < 1.29 is 23.1 Å². The summed E-state index contributed by atoms with van der Waals surface area (Å²) >= 11 is 3.54. The molecule has 1 amide bonds. The highest BCUT2D eigenvalue weighted by Gasteiger charge is 2.33. The molecule has 4 rings (SSSR count). The topological polar surface area (TPSA) is 92.7 Å². The molecule has 0 spiro atoms. The van der Waals surface area contributed by atoms with Gasteiger partial charge in [-0.1, -0.05) is 52.3 Å². The van der Waals surface area contributed by atoms with Crippen LogP contribution in [0.1, 0.15) is 43.7 Å². The van der Waals surface area contributed by atoms with Gasteiger partial charge in [-0.2, -0.15) is 0 Å². The Morgan fingerprint density at radius 2 is 1.88 bits per heavy atom. The van der Waals surface area contributed by atoms with Crippen LogP contribution < -0.4 is 9.46 Å². The highest BCUT2D eigenvalue weighted by molar-refractivity contribution is 9.10. The molecule has 0 radical (unpaired) electrons. The van der Waals surface area contributed by atoms with E-state index in [2.05, 4.69) is 20.7 Å². The second kappa shape index (κ2) is 9.08. The minimum atomic E-state index is -4.07. The van der Waals surface area contributed by atoms with Crippen molar-refractivity contribution in [3.05, 3.63) is 70.2 Å². The predicted octanol–water partition coefficient (Wildman–Crippen LogP) is 4.68. The first-order valence-corrected chi connectivity index (χ1v) is 13.1. The lowest BCUT2D eigenvalue weighted by atomic mass is 9.82. The maximum Gasteiger partial charge on any atom is 0.264 e. The highest BCUT2D eigenvalue weighted by atomic mass is 79.9. The van der Waals surface area contributed by atoms with Gasteiger partial charge in [0.1, 0.15) is 12.4 Å². The van der Waals surface area contributed by atoms with Crippen LogP contribution in [0, 0.1) is 0 Å². The van der Waals surface area contributed by atoms with E-state index in [-0.39, 0.29) is 11.5 Å². The summed E-state index contributed by atoms with van der Waals surface area (Å²) in [7, 11) is -4.07. The van der Waals surface area contributed by atoms with Crippen LogP contribution in [0.5, 0.6) is 5.75 Å². The number of hydrogen-bond donors (Lipinski definition) is 2. The van der Waals surface area contributed by atoms with E-state index in [4.69, 9.17) is 4.74 Å². The van der Waals surface area contributed by atoms with E-state index in [1.807, 2.05) is 24.3 Å². The SMILES string of the molecule is CC(C)(O)COc1ccc(Br)c2c1CCCC2C(=O)NS(=O)(=O)c1cccc2ccccc12. The Morgan fingerprint density at radius 1 is 1.15 bits per heavy atom. The average Bonchev–Trinajstić information content (AvgIpc) is 2.77. The largest absolute Gasteiger partial charge is 0.490 e. The molecule has 0 saturated carbocycles. The predicted molar refractivity (Wildman–Crippen MR) is 131 cm³/mol. The third kappa shape index (κ3) is 5.08. The van der Waals surface area contributed by atoms with Crippen LogP contribution in [0.4, 0.5) is 0 Å². The molecule has 8 heteroatoms. The first-order chi connectivity index (χ1) is 15.6. The molecule has 0 bridgehead atoms. The molecule has 0 saturated heterocycles. The number of carbonyl (C=O) groups excluding carboxylic acids is 1. The van der Waals surface area contributed by atoms with Crippen LogP contribution in [0.3, 0.4) is 0 Å². The minimum absolute atomic E-state index is 0.0753. The zero-order chi connectivity index (χ0) is 23.8. The molecule has 3 aromatic rings. The van der Waals surface area contributed by atoms with E-state index in [1.165, 1.54) is 6.07 Å². The molecule has 0 fully saturated rings. The number of carbonyl (C=O) groups is 1. The standard InChI is InChI=1S/C25H26BrNO5S/c1-25(2,29)15-32-21-14-13-20(26)23-18(21)10-6-11-19(23)24(28)27-33(30,31)22-12-5-8-16-7-3-4-9-17(16)22/h3-5,7-9,12-14,19,29H,6,10-11,15H2,1-2H3,(H,27,28).